The fourth-order valence-corrected chi connectivity index (χ4v) is 5.12. The molecule has 1 N–H and O–H groups in total. The maximum absolute atomic E-state index is 13.2. The van der Waals surface area contributed by atoms with Crippen molar-refractivity contribution in [2.24, 2.45) is 0 Å². The summed E-state index contributed by atoms with van der Waals surface area (Å²) in [5.74, 6) is -1.03. The van der Waals surface area contributed by atoms with Gasteiger partial charge < -0.3 is 14.7 Å². The van der Waals surface area contributed by atoms with Gasteiger partial charge in [0.05, 0.1) is 23.3 Å². The molecule has 1 amide bonds. The van der Waals surface area contributed by atoms with Gasteiger partial charge in [-0.2, -0.15) is 0 Å². The Hall–Kier alpha value is -4.18. The number of methoxy groups -OCH3 is 1. The first kappa shape index (κ1) is 27.4. The van der Waals surface area contributed by atoms with Gasteiger partial charge in [0.1, 0.15) is 5.75 Å². The molecule has 3 rings (SSSR count). The lowest BCUT2D eigenvalue weighted by Crippen LogP contribution is -2.29. The molecule has 0 spiro atoms. The molecule has 2 aromatic carbocycles. The molecule has 0 saturated carbocycles. The standard InChI is InChI=1S/C27H29N3O6S/c1-5-30(18-20-12-14-28-15-13-20)25(31)11-6-21-16-19(2)26(24(17-21)27(32)33)29(3)37(34,35)23-9-7-22(36-4)8-10-23/h6-17H,5,18H2,1-4H3,(H,32,33). The maximum Gasteiger partial charge on any atom is 0.337 e. The summed E-state index contributed by atoms with van der Waals surface area (Å²) in [5, 5.41) is 9.89. The molecule has 1 heterocycles. The largest absolute Gasteiger partial charge is 0.497 e. The number of sulfonamides is 1. The molecule has 0 radical (unpaired) electrons. The average molecular weight is 524 g/mol. The van der Waals surface area contributed by atoms with Gasteiger partial charge in [0.15, 0.2) is 0 Å². The molecule has 9 nitrogen and oxygen atoms in total. The summed E-state index contributed by atoms with van der Waals surface area (Å²) in [5.41, 5.74) is 1.67. The van der Waals surface area contributed by atoms with Crippen LogP contribution in [0.4, 0.5) is 5.69 Å². The Morgan fingerprint density at radius 1 is 1.08 bits per heavy atom. The Kier molecular flexibility index (Phi) is 8.67. The minimum atomic E-state index is -4.05. The summed E-state index contributed by atoms with van der Waals surface area (Å²) in [6.07, 6.45) is 6.22. The Labute approximate surface area is 216 Å². The van der Waals surface area contributed by atoms with Crippen molar-refractivity contribution in [1.29, 1.82) is 0 Å². The SMILES string of the molecule is CCN(Cc1ccncc1)C(=O)C=Cc1cc(C)c(N(C)S(=O)(=O)c2ccc(OC)cc2)c(C(=O)O)c1. The Bertz CT molecular complexity index is 1400. The number of aryl methyl sites for hydroxylation is 1. The monoisotopic (exact) mass is 523 g/mol. The molecule has 0 aliphatic rings. The number of carboxylic acids is 1. The molecule has 37 heavy (non-hydrogen) atoms. The van der Waals surface area contributed by atoms with Crippen molar-refractivity contribution in [3.8, 4) is 5.75 Å². The van der Waals surface area contributed by atoms with Gasteiger partial charge in [-0.3, -0.25) is 14.1 Å². The first-order chi connectivity index (χ1) is 17.6. The van der Waals surface area contributed by atoms with Gasteiger partial charge in [-0.25, -0.2) is 13.2 Å². The normalized spacial score (nSPS) is 11.4. The number of aromatic nitrogens is 1. The summed E-state index contributed by atoms with van der Waals surface area (Å²) in [6, 6.07) is 12.5. The van der Waals surface area contributed by atoms with Crippen molar-refractivity contribution in [2.45, 2.75) is 25.3 Å². The molecule has 0 aliphatic carbocycles. The minimum absolute atomic E-state index is 0.00466. The predicted molar refractivity (Wildman–Crippen MR) is 141 cm³/mol. The molecule has 194 valence electrons. The fraction of sp³-hybridized carbons (Fsp3) is 0.222. The highest BCUT2D eigenvalue weighted by Gasteiger charge is 2.27. The number of ether oxygens (including phenoxy) is 1. The quantitative estimate of drug-likeness (QED) is 0.400. The third kappa shape index (κ3) is 6.34. The minimum Gasteiger partial charge on any atom is -0.497 e. The highest BCUT2D eigenvalue weighted by molar-refractivity contribution is 7.92. The van der Waals surface area contributed by atoms with E-state index in [1.807, 2.05) is 19.1 Å². The van der Waals surface area contributed by atoms with Gasteiger partial charge in [0.2, 0.25) is 5.91 Å². The Morgan fingerprint density at radius 3 is 2.30 bits per heavy atom. The van der Waals surface area contributed by atoms with E-state index in [2.05, 4.69) is 4.98 Å². The number of hydrogen-bond donors (Lipinski definition) is 1. The van der Waals surface area contributed by atoms with Crippen LogP contribution in [0.3, 0.4) is 0 Å². The molecular formula is C27H29N3O6S. The molecule has 0 fully saturated rings. The first-order valence-corrected chi connectivity index (χ1v) is 12.9. The highest BCUT2D eigenvalue weighted by Crippen LogP contribution is 2.31. The summed E-state index contributed by atoms with van der Waals surface area (Å²) >= 11 is 0. The van der Waals surface area contributed by atoms with Gasteiger partial charge in [-0.15, -0.1) is 0 Å². The number of rotatable bonds is 10. The van der Waals surface area contributed by atoms with E-state index in [0.29, 0.717) is 30.0 Å². The van der Waals surface area contributed by atoms with Crippen molar-refractivity contribution in [3.05, 3.63) is 89.3 Å². The van der Waals surface area contributed by atoms with Crippen molar-refractivity contribution in [1.82, 2.24) is 9.88 Å². The zero-order valence-electron chi connectivity index (χ0n) is 21.1. The van der Waals surface area contributed by atoms with Gasteiger partial charge in [-0.1, -0.05) is 0 Å². The first-order valence-electron chi connectivity index (χ1n) is 11.4. The molecule has 0 aliphatic heterocycles. The number of aromatic carboxylic acids is 1. The Morgan fingerprint density at radius 2 is 1.73 bits per heavy atom. The van der Waals surface area contributed by atoms with Crippen LogP contribution >= 0.6 is 0 Å². The number of benzene rings is 2. The zero-order chi connectivity index (χ0) is 27.2. The highest BCUT2D eigenvalue weighted by atomic mass is 32.2. The van der Waals surface area contributed by atoms with Crippen LogP contribution in [0.2, 0.25) is 0 Å². The van der Waals surface area contributed by atoms with E-state index in [-0.39, 0.29) is 22.1 Å². The second-order valence-electron chi connectivity index (χ2n) is 8.23. The second-order valence-corrected chi connectivity index (χ2v) is 10.2. The zero-order valence-corrected chi connectivity index (χ0v) is 21.9. The molecule has 0 saturated heterocycles. The number of likely N-dealkylation sites (N-methyl/N-ethyl adjacent to an activating group) is 1. The topological polar surface area (TPSA) is 117 Å². The van der Waals surface area contributed by atoms with E-state index in [0.717, 1.165) is 9.87 Å². The average Bonchev–Trinajstić information content (AvgIpc) is 2.90. The van der Waals surface area contributed by atoms with E-state index < -0.39 is 16.0 Å². The smallest absolute Gasteiger partial charge is 0.337 e. The molecule has 0 atom stereocenters. The van der Waals surface area contributed by atoms with Crippen LogP contribution in [0.15, 0.2) is 71.9 Å². The van der Waals surface area contributed by atoms with E-state index in [1.54, 1.807) is 30.3 Å². The van der Waals surface area contributed by atoms with Crippen LogP contribution in [-0.4, -0.2) is 56.0 Å². The molecular weight excluding hydrogens is 494 g/mol. The van der Waals surface area contributed by atoms with E-state index in [9.17, 15) is 23.1 Å². The van der Waals surface area contributed by atoms with Crippen LogP contribution in [0.25, 0.3) is 6.08 Å². The number of nitrogens with zero attached hydrogens (tertiary/aromatic N) is 3. The third-order valence-corrected chi connectivity index (χ3v) is 7.59. The lowest BCUT2D eigenvalue weighted by Gasteiger charge is -2.24. The van der Waals surface area contributed by atoms with Crippen molar-refractivity contribution < 1.29 is 27.9 Å². The number of pyridine rings is 1. The van der Waals surface area contributed by atoms with Gasteiger partial charge in [0.25, 0.3) is 10.0 Å². The van der Waals surface area contributed by atoms with Crippen LogP contribution in [-0.2, 0) is 21.4 Å². The van der Waals surface area contributed by atoms with E-state index in [4.69, 9.17) is 4.74 Å². The van der Waals surface area contributed by atoms with Crippen LogP contribution in [0.5, 0.6) is 5.75 Å². The van der Waals surface area contributed by atoms with Crippen LogP contribution in [0.1, 0.15) is 34.0 Å². The van der Waals surface area contributed by atoms with E-state index in [1.165, 1.54) is 56.6 Å². The van der Waals surface area contributed by atoms with Gasteiger partial charge in [0, 0.05) is 38.6 Å². The molecule has 3 aromatic rings. The lowest BCUT2D eigenvalue weighted by atomic mass is 10.0. The number of amides is 1. The third-order valence-electron chi connectivity index (χ3n) is 5.82. The summed E-state index contributed by atoms with van der Waals surface area (Å²) in [4.78, 5) is 30.5. The molecule has 0 unspecified atom stereocenters. The number of anilines is 1. The number of hydrogen-bond acceptors (Lipinski definition) is 6. The summed E-state index contributed by atoms with van der Waals surface area (Å²) < 4.78 is 32.5. The van der Waals surface area contributed by atoms with Gasteiger partial charge in [-0.05, 0) is 85.1 Å². The number of carbonyl (C=O) groups is 2. The number of carboxylic acid groups (broad SMARTS) is 1. The molecule has 1 aromatic heterocycles. The van der Waals surface area contributed by atoms with Crippen molar-refractivity contribution in [3.63, 3.8) is 0 Å². The molecule has 0 bridgehead atoms. The summed E-state index contributed by atoms with van der Waals surface area (Å²) in [7, 11) is -1.26. The maximum atomic E-state index is 13.2. The lowest BCUT2D eigenvalue weighted by molar-refractivity contribution is -0.126. The van der Waals surface area contributed by atoms with E-state index >= 15 is 0 Å². The summed E-state index contributed by atoms with van der Waals surface area (Å²) in [6.45, 7) is 4.39. The second kappa shape index (κ2) is 11.7. The van der Waals surface area contributed by atoms with Crippen LogP contribution in [0, 0.1) is 6.92 Å². The van der Waals surface area contributed by atoms with Crippen molar-refractivity contribution in [2.75, 3.05) is 25.0 Å². The fourth-order valence-electron chi connectivity index (χ4n) is 3.84. The number of carbonyl (C=O) groups excluding carboxylic acids is 1. The molecule has 10 heteroatoms. The van der Waals surface area contributed by atoms with Gasteiger partial charge >= 0.3 is 5.97 Å². The Balaban J connectivity index is 1.91. The van der Waals surface area contributed by atoms with Crippen LogP contribution < -0.4 is 9.04 Å². The van der Waals surface area contributed by atoms with Crippen molar-refractivity contribution >= 4 is 33.7 Å². The predicted octanol–water partition coefficient (Wildman–Crippen LogP) is 3.98.